The molecule has 1 aliphatic rings. The lowest BCUT2D eigenvalue weighted by molar-refractivity contribution is -0.122. The molecule has 8 heteroatoms. The summed E-state index contributed by atoms with van der Waals surface area (Å²) in [5.74, 6) is -0.109. The van der Waals surface area contributed by atoms with Gasteiger partial charge in [0.2, 0.25) is 5.91 Å². The van der Waals surface area contributed by atoms with Crippen LogP contribution in [-0.2, 0) is 9.53 Å². The Morgan fingerprint density at radius 1 is 1.20 bits per heavy atom. The first kappa shape index (κ1) is 20.0. The number of rotatable bonds is 7. The first-order chi connectivity index (χ1) is 12.0. The average Bonchev–Trinajstić information content (AvgIpc) is 2.59. The number of nitrogens with zero attached hydrogens (tertiary/aromatic N) is 2. The first-order valence-electron chi connectivity index (χ1n) is 8.23. The molecule has 0 unspecified atom stereocenters. The molecule has 0 radical (unpaired) electrons. The van der Waals surface area contributed by atoms with Gasteiger partial charge in [0.05, 0.1) is 17.1 Å². The van der Waals surface area contributed by atoms with E-state index in [0.717, 1.165) is 6.42 Å². The summed E-state index contributed by atoms with van der Waals surface area (Å²) < 4.78 is 4.94. The Hall–Kier alpha value is -1.34. The second-order valence-electron chi connectivity index (χ2n) is 5.89. The van der Waals surface area contributed by atoms with E-state index >= 15 is 0 Å². The van der Waals surface area contributed by atoms with E-state index in [4.69, 9.17) is 27.9 Å². The van der Waals surface area contributed by atoms with Gasteiger partial charge in [0.25, 0.3) is 5.91 Å². The molecule has 0 saturated carbocycles. The second kappa shape index (κ2) is 9.97. The van der Waals surface area contributed by atoms with E-state index < -0.39 is 0 Å². The zero-order valence-corrected chi connectivity index (χ0v) is 15.8. The number of nitrogens with one attached hydrogen (secondary N) is 1. The Morgan fingerprint density at radius 3 is 2.56 bits per heavy atom. The van der Waals surface area contributed by atoms with E-state index in [1.807, 2.05) is 4.90 Å². The lowest BCUT2D eigenvalue weighted by atomic mass is 10.1. The molecule has 0 aromatic heterocycles. The molecule has 1 aliphatic heterocycles. The fourth-order valence-corrected chi connectivity index (χ4v) is 3.13. The van der Waals surface area contributed by atoms with Gasteiger partial charge in [-0.1, -0.05) is 23.2 Å². The largest absolute Gasteiger partial charge is 0.385 e. The highest BCUT2D eigenvalue weighted by molar-refractivity contribution is 6.36. The minimum Gasteiger partial charge on any atom is -0.385 e. The summed E-state index contributed by atoms with van der Waals surface area (Å²) in [5.41, 5.74) is 0.454. The Balaban J connectivity index is 1.77. The molecule has 0 spiro atoms. The summed E-state index contributed by atoms with van der Waals surface area (Å²) in [4.78, 5) is 28.2. The normalized spacial score (nSPS) is 15.2. The monoisotopic (exact) mass is 387 g/mol. The molecule has 2 rings (SSSR count). The molecular formula is C17H23Cl2N3O3. The number of methoxy groups -OCH3 is 1. The predicted octanol–water partition coefficient (Wildman–Crippen LogP) is 1.90. The number of ether oxygens (including phenoxy) is 1. The Bertz CT molecular complexity index is 605. The Morgan fingerprint density at radius 2 is 1.92 bits per heavy atom. The van der Waals surface area contributed by atoms with Gasteiger partial charge in [0.15, 0.2) is 0 Å². The summed E-state index contributed by atoms with van der Waals surface area (Å²) in [7, 11) is 1.64. The van der Waals surface area contributed by atoms with Gasteiger partial charge < -0.3 is 15.0 Å². The third-order valence-electron chi connectivity index (χ3n) is 4.04. The lowest BCUT2D eigenvalue weighted by Gasteiger charge is -2.34. The topological polar surface area (TPSA) is 61.9 Å². The molecule has 25 heavy (non-hydrogen) atoms. The van der Waals surface area contributed by atoms with Crippen LogP contribution in [0, 0.1) is 0 Å². The van der Waals surface area contributed by atoms with Gasteiger partial charge in [-0.25, -0.2) is 0 Å². The summed E-state index contributed by atoms with van der Waals surface area (Å²) in [5, 5.41) is 3.73. The molecule has 1 aromatic rings. The summed E-state index contributed by atoms with van der Waals surface area (Å²) in [6, 6.07) is 4.87. The van der Waals surface area contributed by atoms with E-state index in [2.05, 4.69) is 5.32 Å². The zero-order chi connectivity index (χ0) is 18.2. The van der Waals surface area contributed by atoms with Crippen LogP contribution in [0.25, 0.3) is 0 Å². The second-order valence-corrected chi connectivity index (χ2v) is 6.73. The summed E-state index contributed by atoms with van der Waals surface area (Å²) >= 11 is 12.0. The van der Waals surface area contributed by atoms with Gasteiger partial charge in [0, 0.05) is 51.5 Å². The highest BCUT2D eigenvalue weighted by Gasteiger charge is 2.24. The zero-order valence-electron chi connectivity index (χ0n) is 14.3. The third-order valence-corrected chi connectivity index (χ3v) is 4.58. The lowest BCUT2D eigenvalue weighted by Crippen LogP contribution is -2.51. The van der Waals surface area contributed by atoms with Crippen molar-refractivity contribution < 1.29 is 14.3 Å². The third kappa shape index (κ3) is 6.15. The van der Waals surface area contributed by atoms with Gasteiger partial charge in [-0.2, -0.15) is 0 Å². The van der Waals surface area contributed by atoms with Gasteiger partial charge in [-0.05, 0) is 24.6 Å². The molecule has 0 atom stereocenters. The van der Waals surface area contributed by atoms with Crippen LogP contribution in [0.2, 0.25) is 10.0 Å². The van der Waals surface area contributed by atoms with E-state index in [0.29, 0.717) is 61.5 Å². The molecular weight excluding hydrogens is 365 g/mol. The molecule has 1 aromatic carbocycles. The average molecular weight is 388 g/mol. The van der Waals surface area contributed by atoms with E-state index in [1.165, 1.54) is 0 Å². The van der Waals surface area contributed by atoms with Crippen molar-refractivity contribution in [2.75, 3.05) is 53.0 Å². The number of amides is 2. The molecule has 0 bridgehead atoms. The minimum atomic E-state index is -0.106. The van der Waals surface area contributed by atoms with Crippen LogP contribution in [0.4, 0.5) is 0 Å². The van der Waals surface area contributed by atoms with Gasteiger partial charge in [0.1, 0.15) is 0 Å². The fourth-order valence-electron chi connectivity index (χ4n) is 2.65. The van der Waals surface area contributed by atoms with Crippen molar-refractivity contribution in [2.45, 2.75) is 6.42 Å². The molecule has 6 nitrogen and oxygen atoms in total. The first-order valence-corrected chi connectivity index (χ1v) is 8.99. The molecule has 1 fully saturated rings. The van der Waals surface area contributed by atoms with E-state index in [1.54, 1.807) is 30.2 Å². The van der Waals surface area contributed by atoms with Crippen molar-refractivity contribution in [2.24, 2.45) is 0 Å². The number of benzene rings is 1. The van der Waals surface area contributed by atoms with Crippen LogP contribution in [0.15, 0.2) is 18.2 Å². The summed E-state index contributed by atoms with van der Waals surface area (Å²) in [6.45, 7) is 4.03. The van der Waals surface area contributed by atoms with Crippen molar-refractivity contribution >= 4 is 35.0 Å². The number of carbonyl (C=O) groups excluding carboxylic acids is 2. The standard InChI is InChI=1S/C17H23Cl2N3O3/c1-25-10-2-5-20-16(23)12-21-6-8-22(9-7-21)17(24)14-4-3-13(18)11-15(14)19/h3-4,11H,2,5-10,12H2,1H3,(H,20,23). The highest BCUT2D eigenvalue weighted by Crippen LogP contribution is 2.22. The molecule has 2 amide bonds. The maximum Gasteiger partial charge on any atom is 0.255 e. The quantitative estimate of drug-likeness (QED) is 0.725. The smallest absolute Gasteiger partial charge is 0.255 e. The Labute approximate surface area is 158 Å². The Kier molecular flexibility index (Phi) is 7.96. The molecule has 1 heterocycles. The van der Waals surface area contributed by atoms with Crippen molar-refractivity contribution in [1.29, 1.82) is 0 Å². The number of hydrogen-bond acceptors (Lipinski definition) is 4. The van der Waals surface area contributed by atoms with Crippen molar-refractivity contribution in [3.63, 3.8) is 0 Å². The fraction of sp³-hybridized carbons (Fsp3) is 0.529. The molecule has 0 aliphatic carbocycles. The number of hydrogen-bond donors (Lipinski definition) is 1. The molecule has 138 valence electrons. The van der Waals surface area contributed by atoms with Crippen LogP contribution in [0.1, 0.15) is 16.8 Å². The van der Waals surface area contributed by atoms with Gasteiger partial charge in [-0.15, -0.1) is 0 Å². The maximum absolute atomic E-state index is 12.6. The SMILES string of the molecule is COCCCNC(=O)CN1CCN(C(=O)c2ccc(Cl)cc2Cl)CC1. The van der Waals surface area contributed by atoms with Crippen molar-refractivity contribution in [1.82, 2.24) is 15.1 Å². The summed E-state index contributed by atoms with van der Waals surface area (Å²) in [6.07, 6.45) is 0.798. The number of piperazine rings is 1. The minimum absolute atomic E-state index is 0.00312. The van der Waals surface area contributed by atoms with Crippen molar-refractivity contribution in [3.05, 3.63) is 33.8 Å². The van der Waals surface area contributed by atoms with Gasteiger partial charge >= 0.3 is 0 Å². The van der Waals surface area contributed by atoms with Crippen molar-refractivity contribution in [3.8, 4) is 0 Å². The van der Waals surface area contributed by atoms with Crippen LogP contribution in [0.3, 0.4) is 0 Å². The molecule has 1 N–H and O–H groups in total. The molecule has 1 saturated heterocycles. The van der Waals surface area contributed by atoms with Crippen LogP contribution < -0.4 is 5.32 Å². The number of halogens is 2. The van der Waals surface area contributed by atoms with Crippen LogP contribution >= 0.6 is 23.2 Å². The van der Waals surface area contributed by atoms with Gasteiger partial charge in [-0.3, -0.25) is 14.5 Å². The predicted molar refractivity (Wildman–Crippen MR) is 98.3 cm³/mol. The highest BCUT2D eigenvalue weighted by atomic mass is 35.5. The van der Waals surface area contributed by atoms with Crippen LogP contribution in [0.5, 0.6) is 0 Å². The van der Waals surface area contributed by atoms with E-state index in [-0.39, 0.29) is 11.8 Å². The maximum atomic E-state index is 12.6. The number of carbonyl (C=O) groups is 2. The van der Waals surface area contributed by atoms with E-state index in [9.17, 15) is 9.59 Å². The van der Waals surface area contributed by atoms with Crippen LogP contribution in [-0.4, -0.2) is 74.6 Å².